The van der Waals surface area contributed by atoms with E-state index in [1.54, 1.807) is 34.9 Å². The first-order valence-corrected chi connectivity index (χ1v) is 10.5. The molecule has 2 fully saturated rings. The number of likely N-dealkylation sites (tertiary alicyclic amines) is 1. The van der Waals surface area contributed by atoms with Crippen molar-refractivity contribution in [3.05, 3.63) is 35.4 Å². The maximum absolute atomic E-state index is 13.6. The Morgan fingerprint density at radius 1 is 1.33 bits per heavy atom. The average Bonchev–Trinajstić information content (AvgIpc) is 3.19. The highest BCUT2D eigenvalue weighted by atomic mass is 32.2. The fourth-order valence-corrected chi connectivity index (χ4v) is 4.91. The number of primary amides is 1. The molecule has 1 aromatic carbocycles. The molecule has 1 aromatic rings. The van der Waals surface area contributed by atoms with Crippen LogP contribution in [0.3, 0.4) is 0 Å². The molecule has 0 radical (unpaired) electrons. The molecule has 2 aliphatic heterocycles. The summed E-state index contributed by atoms with van der Waals surface area (Å²) in [6, 6.07) is 6.47. The molecule has 27 heavy (non-hydrogen) atoms. The predicted molar refractivity (Wildman–Crippen MR) is 105 cm³/mol. The molecule has 7 heteroatoms. The number of amides is 2. The van der Waals surface area contributed by atoms with Crippen molar-refractivity contribution in [3.63, 3.8) is 0 Å². The molecule has 0 aromatic heterocycles. The Labute approximate surface area is 163 Å². The minimum Gasteiger partial charge on any atom is -0.367 e. The van der Waals surface area contributed by atoms with Gasteiger partial charge in [0.25, 0.3) is 0 Å². The Bertz CT molecular complexity index is 751. The minimum absolute atomic E-state index is 0.0450. The molecule has 0 saturated carbocycles. The maximum atomic E-state index is 13.6. The number of benzene rings is 1. The van der Waals surface area contributed by atoms with E-state index < -0.39 is 17.9 Å². The molecule has 0 bridgehead atoms. The summed E-state index contributed by atoms with van der Waals surface area (Å²) in [5, 5.41) is 0.0801. The third-order valence-electron chi connectivity index (χ3n) is 5.33. The van der Waals surface area contributed by atoms with Gasteiger partial charge in [-0.1, -0.05) is 32.0 Å². The molecule has 2 aliphatic rings. The second-order valence-electron chi connectivity index (χ2n) is 7.59. The molecule has 2 heterocycles. The number of hydrogen-bond donors (Lipinski definition) is 1. The topological polar surface area (TPSA) is 89.7 Å². The van der Waals surface area contributed by atoms with Crippen LogP contribution in [0, 0.1) is 5.92 Å². The first kappa shape index (κ1) is 19.9. The lowest BCUT2D eigenvalue weighted by Gasteiger charge is -2.29. The number of hydrogen-bond acceptors (Lipinski definition) is 5. The van der Waals surface area contributed by atoms with Crippen LogP contribution in [-0.4, -0.2) is 59.3 Å². The lowest BCUT2D eigenvalue weighted by molar-refractivity contribution is -0.138. The van der Waals surface area contributed by atoms with Gasteiger partial charge in [-0.3, -0.25) is 14.4 Å². The minimum atomic E-state index is -0.547. The van der Waals surface area contributed by atoms with Crippen LogP contribution < -0.4 is 5.73 Å². The molecule has 0 spiro atoms. The van der Waals surface area contributed by atoms with Gasteiger partial charge in [-0.2, -0.15) is 11.8 Å². The summed E-state index contributed by atoms with van der Waals surface area (Å²) in [5.41, 5.74) is 6.55. The van der Waals surface area contributed by atoms with E-state index in [1.807, 2.05) is 26.2 Å². The molecular weight excluding hydrogens is 364 g/mol. The van der Waals surface area contributed by atoms with E-state index in [0.29, 0.717) is 24.1 Å². The Morgan fingerprint density at radius 2 is 2.04 bits per heavy atom. The van der Waals surface area contributed by atoms with Crippen LogP contribution in [0.4, 0.5) is 0 Å². The standard InChI is InChI=1S/C20H26N2O4S/c1-11(2)8-14(12-6-4-5-7-13(12)19(21)24)20(25)22-9-16(27-3)18-17(22)15(23)10-26-18/h4-7,11,14,16-18H,8-10H2,1-3H3,(H2,21,24)/t14-,16-,17+,18+/m0/s1. The van der Waals surface area contributed by atoms with Gasteiger partial charge in [0.2, 0.25) is 11.8 Å². The summed E-state index contributed by atoms with van der Waals surface area (Å²) in [7, 11) is 0. The van der Waals surface area contributed by atoms with E-state index in [2.05, 4.69) is 0 Å². The zero-order chi connectivity index (χ0) is 19.7. The van der Waals surface area contributed by atoms with E-state index in [0.717, 1.165) is 0 Å². The Balaban J connectivity index is 1.98. The first-order valence-electron chi connectivity index (χ1n) is 9.21. The number of rotatable bonds is 6. The van der Waals surface area contributed by atoms with Gasteiger partial charge in [0.15, 0.2) is 5.78 Å². The highest BCUT2D eigenvalue weighted by molar-refractivity contribution is 7.99. The monoisotopic (exact) mass is 390 g/mol. The maximum Gasteiger partial charge on any atom is 0.249 e. The molecule has 0 aliphatic carbocycles. The summed E-state index contributed by atoms with van der Waals surface area (Å²) >= 11 is 1.62. The second kappa shape index (κ2) is 8.02. The van der Waals surface area contributed by atoms with Crippen molar-refractivity contribution in [2.75, 3.05) is 19.4 Å². The SMILES string of the molecule is CS[C@H]1CN(C(=O)[C@@H](CC(C)C)c2ccccc2C(N)=O)[C@@H]2C(=O)CO[C@H]12. The molecule has 2 saturated heterocycles. The molecular formula is C20H26N2O4S. The van der Waals surface area contributed by atoms with E-state index >= 15 is 0 Å². The van der Waals surface area contributed by atoms with Gasteiger partial charge < -0.3 is 15.4 Å². The number of nitrogens with zero attached hydrogens (tertiary/aromatic N) is 1. The molecule has 2 amide bonds. The van der Waals surface area contributed by atoms with Gasteiger partial charge >= 0.3 is 0 Å². The summed E-state index contributed by atoms with van der Waals surface area (Å²) in [6.07, 6.45) is 2.30. The molecule has 146 valence electrons. The second-order valence-corrected chi connectivity index (χ2v) is 8.66. The van der Waals surface area contributed by atoms with E-state index in [4.69, 9.17) is 10.5 Å². The first-order chi connectivity index (χ1) is 12.8. The van der Waals surface area contributed by atoms with Crippen LogP contribution in [0.15, 0.2) is 24.3 Å². The van der Waals surface area contributed by atoms with Crippen molar-refractivity contribution in [2.24, 2.45) is 11.7 Å². The molecule has 3 rings (SSSR count). The number of ketones is 1. The Kier molecular flexibility index (Phi) is 5.91. The highest BCUT2D eigenvalue weighted by Crippen LogP contribution is 2.37. The van der Waals surface area contributed by atoms with Crippen molar-refractivity contribution in [3.8, 4) is 0 Å². The zero-order valence-corrected chi connectivity index (χ0v) is 16.7. The van der Waals surface area contributed by atoms with Crippen molar-refractivity contribution in [1.82, 2.24) is 4.90 Å². The number of nitrogens with two attached hydrogens (primary N) is 1. The van der Waals surface area contributed by atoms with Crippen LogP contribution in [0.2, 0.25) is 0 Å². The average molecular weight is 391 g/mol. The number of Topliss-reactive ketones (excluding diaryl/α,β-unsaturated/α-hetero) is 1. The van der Waals surface area contributed by atoms with Crippen LogP contribution in [0.1, 0.15) is 42.1 Å². The fraction of sp³-hybridized carbons (Fsp3) is 0.550. The Hall–Kier alpha value is -1.86. The smallest absolute Gasteiger partial charge is 0.249 e. The van der Waals surface area contributed by atoms with E-state index in [-0.39, 0.29) is 35.6 Å². The van der Waals surface area contributed by atoms with Crippen LogP contribution >= 0.6 is 11.8 Å². The van der Waals surface area contributed by atoms with Crippen LogP contribution in [0.25, 0.3) is 0 Å². The summed E-state index contributed by atoms with van der Waals surface area (Å²) in [5.74, 6) is -0.985. The number of thioether (sulfide) groups is 1. The Morgan fingerprint density at radius 3 is 2.67 bits per heavy atom. The van der Waals surface area contributed by atoms with Gasteiger partial charge in [0.05, 0.1) is 17.3 Å². The lowest BCUT2D eigenvalue weighted by atomic mass is 9.86. The van der Waals surface area contributed by atoms with Crippen molar-refractivity contribution < 1.29 is 19.1 Å². The van der Waals surface area contributed by atoms with E-state index in [1.165, 1.54) is 0 Å². The van der Waals surface area contributed by atoms with Gasteiger partial charge in [0, 0.05) is 12.1 Å². The van der Waals surface area contributed by atoms with Crippen LogP contribution in [0.5, 0.6) is 0 Å². The molecule has 2 N–H and O–H groups in total. The number of carbonyl (C=O) groups is 3. The lowest BCUT2D eigenvalue weighted by Crippen LogP contribution is -2.44. The molecule has 6 nitrogen and oxygen atoms in total. The number of fused-ring (bicyclic) bond motifs is 1. The normalized spacial score (nSPS) is 25.7. The summed E-state index contributed by atoms with van der Waals surface area (Å²) < 4.78 is 5.66. The van der Waals surface area contributed by atoms with Crippen molar-refractivity contribution in [2.45, 2.75) is 43.6 Å². The summed E-state index contributed by atoms with van der Waals surface area (Å²) in [4.78, 5) is 39.5. The predicted octanol–water partition coefficient (Wildman–Crippen LogP) is 1.83. The zero-order valence-electron chi connectivity index (χ0n) is 15.9. The van der Waals surface area contributed by atoms with Crippen LogP contribution in [-0.2, 0) is 14.3 Å². The van der Waals surface area contributed by atoms with Gasteiger partial charge in [-0.15, -0.1) is 0 Å². The number of carbonyl (C=O) groups excluding carboxylic acids is 3. The highest BCUT2D eigenvalue weighted by Gasteiger charge is 2.53. The van der Waals surface area contributed by atoms with Crippen molar-refractivity contribution in [1.29, 1.82) is 0 Å². The quantitative estimate of drug-likeness (QED) is 0.800. The molecule has 0 unspecified atom stereocenters. The fourth-order valence-electron chi connectivity index (χ4n) is 4.10. The van der Waals surface area contributed by atoms with Crippen molar-refractivity contribution >= 4 is 29.4 Å². The summed E-state index contributed by atoms with van der Waals surface area (Å²) in [6.45, 7) is 4.61. The largest absolute Gasteiger partial charge is 0.367 e. The number of ether oxygens (including phenoxy) is 1. The third-order valence-corrected chi connectivity index (χ3v) is 6.35. The van der Waals surface area contributed by atoms with Gasteiger partial charge in [-0.25, -0.2) is 0 Å². The third kappa shape index (κ3) is 3.75. The van der Waals surface area contributed by atoms with Gasteiger partial charge in [-0.05, 0) is 30.2 Å². The van der Waals surface area contributed by atoms with E-state index in [9.17, 15) is 14.4 Å². The molecule has 4 atom stereocenters. The van der Waals surface area contributed by atoms with Gasteiger partial charge in [0.1, 0.15) is 12.6 Å².